The fraction of sp³-hybridized carbons (Fsp3) is 0.429. The Morgan fingerprint density at radius 3 is 2.33 bits per heavy atom. The van der Waals surface area contributed by atoms with Crippen LogP contribution in [0.2, 0.25) is 0 Å². The van der Waals surface area contributed by atoms with Crippen molar-refractivity contribution in [3.63, 3.8) is 0 Å². The molecule has 1 aromatic rings. The van der Waals surface area contributed by atoms with Crippen molar-refractivity contribution in [1.82, 2.24) is 0 Å². The van der Waals surface area contributed by atoms with Crippen molar-refractivity contribution in [2.24, 2.45) is 0 Å². The molecule has 1 aromatic carbocycles. The molecule has 0 radical (unpaired) electrons. The smallest absolute Gasteiger partial charge is 0.306 e. The Morgan fingerprint density at radius 1 is 1.14 bits per heavy atom. The lowest BCUT2D eigenvalue weighted by atomic mass is 10.2. The van der Waals surface area contributed by atoms with Crippen LogP contribution in [-0.2, 0) is 14.3 Å². The van der Waals surface area contributed by atoms with Gasteiger partial charge in [-0.2, -0.15) is 0 Å². The highest BCUT2D eigenvalue weighted by Gasteiger charge is 2.18. The van der Waals surface area contributed by atoms with Crippen molar-refractivity contribution in [2.75, 3.05) is 5.32 Å². The van der Waals surface area contributed by atoms with Crippen molar-refractivity contribution in [3.8, 4) is 0 Å². The van der Waals surface area contributed by atoms with E-state index in [1.807, 2.05) is 5.32 Å². The molecular weight excluding hydrogens is 287 g/mol. The Morgan fingerprint density at radius 2 is 1.76 bits per heavy atom. The molecular formula is C14H16F3NO3. The van der Waals surface area contributed by atoms with E-state index < -0.39 is 40.6 Å². The number of halogens is 3. The van der Waals surface area contributed by atoms with E-state index in [1.54, 1.807) is 20.8 Å². The van der Waals surface area contributed by atoms with Crippen molar-refractivity contribution in [3.05, 3.63) is 29.6 Å². The molecule has 116 valence electrons. The molecule has 7 heteroatoms. The van der Waals surface area contributed by atoms with E-state index >= 15 is 0 Å². The Labute approximate surface area is 120 Å². The van der Waals surface area contributed by atoms with E-state index in [2.05, 4.69) is 0 Å². The van der Waals surface area contributed by atoms with Crippen LogP contribution in [0.5, 0.6) is 0 Å². The summed E-state index contributed by atoms with van der Waals surface area (Å²) in [5.74, 6) is -5.12. The third kappa shape index (κ3) is 5.85. The van der Waals surface area contributed by atoms with Gasteiger partial charge >= 0.3 is 5.97 Å². The molecule has 0 saturated carbocycles. The molecule has 0 atom stereocenters. The molecule has 0 saturated heterocycles. The zero-order valence-corrected chi connectivity index (χ0v) is 11.9. The molecule has 0 aromatic heterocycles. The average molecular weight is 303 g/mol. The maximum Gasteiger partial charge on any atom is 0.306 e. The summed E-state index contributed by atoms with van der Waals surface area (Å²) in [6.07, 6.45) is -0.505. The molecule has 0 heterocycles. The van der Waals surface area contributed by atoms with Crippen LogP contribution in [-0.4, -0.2) is 17.5 Å². The number of carbonyl (C=O) groups excluding carboxylic acids is 2. The number of ether oxygens (including phenoxy) is 1. The van der Waals surface area contributed by atoms with Crippen molar-refractivity contribution >= 4 is 17.6 Å². The number of hydrogen-bond donors (Lipinski definition) is 1. The highest BCUT2D eigenvalue weighted by atomic mass is 19.2. The summed E-state index contributed by atoms with van der Waals surface area (Å²) in [4.78, 5) is 22.9. The molecule has 1 N–H and O–H groups in total. The summed E-state index contributed by atoms with van der Waals surface area (Å²) in [6.45, 7) is 5.03. The number of esters is 1. The van der Waals surface area contributed by atoms with E-state index in [9.17, 15) is 22.8 Å². The normalized spacial score (nSPS) is 11.1. The van der Waals surface area contributed by atoms with E-state index in [4.69, 9.17) is 4.74 Å². The molecule has 0 aliphatic heterocycles. The fourth-order valence-corrected chi connectivity index (χ4v) is 1.47. The van der Waals surface area contributed by atoms with Crippen LogP contribution in [0.25, 0.3) is 0 Å². The number of hydrogen-bond acceptors (Lipinski definition) is 3. The predicted molar refractivity (Wildman–Crippen MR) is 70.0 cm³/mol. The summed E-state index contributed by atoms with van der Waals surface area (Å²) in [5, 5.41) is 2.01. The van der Waals surface area contributed by atoms with Gasteiger partial charge in [0.25, 0.3) is 0 Å². The SMILES string of the molecule is CC(C)(C)OC(=O)CCC(=O)Nc1cc(F)cc(F)c1F. The first kappa shape index (κ1) is 17.0. The maximum atomic E-state index is 13.3. The first-order valence-corrected chi connectivity index (χ1v) is 6.25. The second-order valence-electron chi connectivity index (χ2n) is 5.38. The lowest BCUT2D eigenvalue weighted by Crippen LogP contribution is -2.24. The number of amides is 1. The molecule has 0 unspecified atom stereocenters. The Balaban J connectivity index is 2.57. The summed E-state index contributed by atoms with van der Waals surface area (Å²) in [5.41, 5.74) is -1.28. The zero-order chi connectivity index (χ0) is 16.2. The van der Waals surface area contributed by atoms with Gasteiger partial charge in [-0.25, -0.2) is 13.2 Å². The van der Waals surface area contributed by atoms with Gasteiger partial charge in [0.1, 0.15) is 11.4 Å². The van der Waals surface area contributed by atoms with Crippen molar-refractivity contribution in [2.45, 2.75) is 39.2 Å². The second kappa shape index (κ2) is 6.60. The zero-order valence-electron chi connectivity index (χ0n) is 11.9. The minimum absolute atomic E-state index is 0.220. The van der Waals surface area contributed by atoms with Crippen LogP contribution < -0.4 is 5.32 Å². The summed E-state index contributed by atoms with van der Waals surface area (Å²) >= 11 is 0. The van der Waals surface area contributed by atoms with Gasteiger partial charge in [0, 0.05) is 18.6 Å². The molecule has 0 aliphatic carbocycles. The molecule has 0 aliphatic rings. The Kier molecular flexibility index (Phi) is 5.34. The third-order valence-electron chi connectivity index (χ3n) is 2.24. The molecule has 1 rings (SSSR count). The largest absolute Gasteiger partial charge is 0.460 e. The third-order valence-corrected chi connectivity index (χ3v) is 2.24. The van der Waals surface area contributed by atoms with Gasteiger partial charge in [-0.3, -0.25) is 9.59 Å². The van der Waals surface area contributed by atoms with E-state index in [0.29, 0.717) is 12.1 Å². The number of anilines is 1. The van der Waals surface area contributed by atoms with Gasteiger partial charge in [-0.05, 0) is 20.8 Å². The van der Waals surface area contributed by atoms with Crippen LogP contribution in [0.1, 0.15) is 33.6 Å². The lowest BCUT2D eigenvalue weighted by Gasteiger charge is -2.19. The van der Waals surface area contributed by atoms with Gasteiger partial charge in [-0.1, -0.05) is 0 Å². The highest BCUT2D eigenvalue weighted by molar-refractivity contribution is 5.92. The van der Waals surface area contributed by atoms with Crippen molar-refractivity contribution < 1.29 is 27.5 Å². The number of rotatable bonds is 4. The van der Waals surface area contributed by atoms with Gasteiger partial charge in [0.15, 0.2) is 11.6 Å². The standard InChI is InChI=1S/C14H16F3NO3/c1-14(2,3)21-12(20)5-4-11(19)18-10-7-8(15)6-9(16)13(10)17/h6-7H,4-5H2,1-3H3,(H,18,19). The minimum Gasteiger partial charge on any atom is -0.460 e. The Bertz CT molecular complexity index is 553. The molecule has 0 bridgehead atoms. The Hall–Kier alpha value is -2.05. The van der Waals surface area contributed by atoms with E-state index in [-0.39, 0.29) is 12.8 Å². The second-order valence-corrected chi connectivity index (χ2v) is 5.38. The maximum absolute atomic E-state index is 13.3. The fourth-order valence-electron chi connectivity index (χ4n) is 1.47. The van der Waals surface area contributed by atoms with Gasteiger partial charge < -0.3 is 10.1 Å². The molecule has 1 amide bonds. The van der Waals surface area contributed by atoms with Crippen LogP contribution >= 0.6 is 0 Å². The lowest BCUT2D eigenvalue weighted by molar-refractivity contribution is -0.155. The predicted octanol–water partition coefficient (Wildman–Crippen LogP) is 3.16. The van der Waals surface area contributed by atoms with Crippen LogP contribution in [0.3, 0.4) is 0 Å². The number of carbonyl (C=O) groups is 2. The summed E-state index contributed by atoms with van der Waals surface area (Å²) in [7, 11) is 0. The molecule has 21 heavy (non-hydrogen) atoms. The average Bonchev–Trinajstić information content (AvgIpc) is 2.30. The highest BCUT2D eigenvalue weighted by Crippen LogP contribution is 2.19. The van der Waals surface area contributed by atoms with E-state index in [0.717, 1.165) is 0 Å². The minimum atomic E-state index is -1.41. The van der Waals surface area contributed by atoms with Crippen molar-refractivity contribution in [1.29, 1.82) is 0 Å². The van der Waals surface area contributed by atoms with Gasteiger partial charge in [0.05, 0.1) is 12.1 Å². The van der Waals surface area contributed by atoms with Crippen LogP contribution in [0.15, 0.2) is 12.1 Å². The molecule has 4 nitrogen and oxygen atoms in total. The van der Waals surface area contributed by atoms with E-state index in [1.165, 1.54) is 0 Å². The first-order valence-electron chi connectivity index (χ1n) is 6.25. The first-order chi connectivity index (χ1) is 9.58. The topological polar surface area (TPSA) is 55.4 Å². The van der Waals surface area contributed by atoms with Crippen LogP contribution in [0.4, 0.5) is 18.9 Å². The molecule has 0 fully saturated rings. The molecule has 0 spiro atoms. The monoisotopic (exact) mass is 303 g/mol. The van der Waals surface area contributed by atoms with Crippen LogP contribution in [0, 0.1) is 17.5 Å². The quantitative estimate of drug-likeness (QED) is 0.686. The van der Waals surface area contributed by atoms with Gasteiger partial charge in [-0.15, -0.1) is 0 Å². The number of benzene rings is 1. The summed E-state index contributed by atoms with van der Waals surface area (Å²) < 4.78 is 44.2. The summed E-state index contributed by atoms with van der Waals surface area (Å²) in [6, 6.07) is 1.02. The van der Waals surface area contributed by atoms with Gasteiger partial charge in [0.2, 0.25) is 5.91 Å². The number of nitrogens with one attached hydrogen (secondary N) is 1.